The van der Waals surface area contributed by atoms with Crippen LogP contribution in [0.1, 0.15) is 36.3 Å². The number of aryl methyl sites for hydroxylation is 2. The van der Waals surface area contributed by atoms with Crippen molar-refractivity contribution < 1.29 is 14.1 Å². The number of thioether (sulfide) groups is 1. The topological polar surface area (TPSA) is 81.6 Å². The average molecular weight is 341 g/mol. The number of nitrogens with two attached hydrogens (primary N) is 1. The molecular weight excluding hydrogens is 314 g/mol. The van der Waals surface area contributed by atoms with E-state index in [0.29, 0.717) is 12.3 Å². The minimum atomic E-state index is 0.210. The quantitative estimate of drug-likeness (QED) is 0.727. The van der Waals surface area contributed by atoms with E-state index in [0.717, 1.165) is 61.7 Å². The number of amides is 1. The maximum Gasteiger partial charge on any atom is 0.232 e. The first-order chi connectivity index (χ1) is 11.1. The van der Waals surface area contributed by atoms with Gasteiger partial charge in [0.1, 0.15) is 5.76 Å². The summed E-state index contributed by atoms with van der Waals surface area (Å²) >= 11 is 1.62. The van der Waals surface area contributed by atoms with Gasteiger partial charge in [0.25, 0.3) is 0 Å². The van der Waals surface area contributed by atoms with Crippen LogP contribution in [0.4, 0.5) is 0 Å². The van der Waals surface area contributed by atoms with Crippen molar-refractivity contribution in [2.75, 3.05) is 32.0 Å². The molecule has 0 radical (unpaired) electrons. The van der Waals surface area contributed by atoms with E-state index in [4.69, 9.17) is 15.0 Å². The molecule has 2 N–H and O–H groups in total. The summed E-state index contributed by atoms with van der Waals surface area (Å²) in [5, 5.41) is 3.94. The normalized spacial score (nSPS) is 16.0. The van der Waals surface area contributed by atoms with Gasteiger partial charge < -0.3 is 19.9 Å². The van der Waals surface area contributed by atoms with Crippen LogP contribution < -0.4 is 5.73 Å². The fraction of sp³-hybridized carbons (Fsp3) is 0.750. The van der Waals surface area contributed by atoms with Crippen LogP contribution in [0.3, 0.4) is 0 Å². The van der Waals surface area contributed by atoms with Crippen molar-refractivity contribution in [3.63, 3.8) is 0 Å². The molecule has 1 fully saturated rings. The largest absolute Gasteiger partial charge is 0.378 e. The van der Waals surface area contributed by atoms with Crippen LogP contribution in [0.5, 0.6) is 0 Å². The second-order valence-corrected chi connectivity index (χ2v) is 6.87. The number of carbonyl (C=O) groups is 1. The number of hydrogen-bond donors (Lipinski definition) is 1. The molecular formula is C16H27N3O3S. The molecule has 2 heterocycles. The summed E-state index contributed by atoms with van der Waals surface area (Å²) in [6, 6.07) is 0. The van der Waals surface area contributed by atoms with Crippen LogP contribution >= 0.6 is 11.8 Å². The van der Waals surface area contributed by atoms with Crippen LogP contribution in [0.2, 0.25) is 0 Å². The van der Waals surface area contributed by atoms with E-state index < -0.39 is 0 Å². The average Bonchev–Trinajstić information content (AvgIpc) is 2.87. The zero-order valence-corrected chi connectivity index (χ0v) is 14.9. The predicted octanol–water partition coefficient (Wildman–Crippen LogP) is 1.88. The molecule has 2 rings (SSSR count). The predicted molar refractivity (Wildman–Crippen MR) is 91.4 cm³/mol. The molecule has 1 aliphatic rings. The highest BCUT2D eigenvalue weighted by Gasteiger charge is 2.23. The Hall–Kier alpha value is -1.05. The van der Waals surface area contributed by atoms with Gasteiger partial charge in [-0.2, -0.15) is 0 Å². The minimum absolute atomic E-state index is 0.210. The third-order valence-corrected chi connectivity index (χ3v) is 5.09. The highest BCUT2D eigenvalue weighted by molar-refractivity contribution is 7.99. The van der Waals surface area contributed by atoms with Crippen molar-refractivity contribution >= 4 is 17.7 Å². The molecule has 0 aliphatic carbocycles. The summed E-state index contributed by atoms with van der Waals surface area (Å²) in [7, 11) is 0. The van der Waals surface area contributed by atoms with Crippen LogP contribution in [-0.2, 0) is 15.3 Å². The van der Waals surface area contributed by atoms with E-state index in [-0.39, 0.29) is 12.0 Å². The first-order valence-electron chi connectivity index (χ1n) is 8.20. The number of hydrogen-bond acceptors (Lipinski definition) is 6. The van der Waals surface area contributed by atoms with Crippen molar-refractivity contribution in [3.05, 3.63) is 17.0 Å². The number of aromatic nitrogens is 1. The van der Waals surface area contributed by atoms with Gasteiger partial charge in [0, 0.05) is 31.0 Å². The zero-order chi connectivity index (χ0) is 16.7. The van der Waals surface area contributed by atoms with Gasteiger partial charge in [-0.25, -0.2) is 0 Å². The number of ether oxygens (including phenoxy) is 1. The van der Waals surface area contributed by atoms with E-state index in [1.807, 2.05) is 18.7 Å². The summed E-state index contributed by atoms with van der Waals surface area (Å²) in [5.74, 6) is 2.33. The molecule has 1 aromatic heterocycles. The highest BCUT2D eigenvalue weighted by Crippen LogP contribution is 2.21. The number of likely N-dealkylation sites (tertiary alicyclic amines) is 1. The lowest BCUT2D eigenvalue weighted by atomic mass is 10.1. The zero-order valence-electron chi connectivity index (χ0n) is 14.0. The molecule has 0 unspecified atom stereocenters. The van der Waals surface area contributed by atoms with Crippen molar-refractivity contribution in [1.82, 2.24) is 10.1 Å². The van der Waals surface area contributed by atoms with Gasteiger partial charge in [0.2, 0.25) is 5.91 Å². The van der Waals surface area contributed by atoms with Gasteiger partial charge in [-0.05, 0) is 39.7 Å². The fourth-order valence-corrected chi connectivity index (χ4v) is 3.72. The molecule has 0 saturated carbocycles. The van der Waals surface area contributed by atoms with Crippen LogP contribution in [0, 0.1) is 13.8 Å². The van der Waals surface area contributed by atoms with E-state index in [1.165, 1.54) is 0 Å². The van der Waals surface area contributed by atoms with E-state index in [9.17, 15) is 4.79 Å². The molecule has 1 amide bonds. The van der Waals surface area contributed by atoms with Crippen molar-refractivity contribution in [2.45, 2.75) is 45.0 Å². The van der Waals surface area contributed by atoms with Crippen molar-refractivity contribution in [2.24, 2.45) is 5.73 Å². The second kappa shape index (κ2) is 9.30. The molecule has 6 nitrogen and oxygen atoms in total. The Morgan fingerprint density at radius 3 is 2.78 bits per heavy atom. The number of piperidine rings is 1. The van der Waals surface area contributed by atoms with Gasteiger partial charge in [-0.15, -0.1) is 11.8 Å². The van der Waals surface area contributed by atoms with E-state index in [1.54, 1.807) is 11.8 Å². The third-order valence-electron chi connectivity index (χ3n) is 4.15. The maximum atomic E-state index is 12.3. The summed E-state index contributed by atoms with van der Waals surface area (Å²) in [6.07, 6.45) is 3.02. The molecule has 23 heavy (non-hydrogen) atoms. The van der Waals surface area contributed by atoms with Gasteiger partial charge in [0.15, 0.2) is 0 Å². The van der Waals surface area contributed by atoms with Gasteiger partial charge in [-0.3, -0.25) is 4.79 Å². The maximum absolute atomic E-state index is 12.3. The molecule has 0 bridgehead atoms. The van der Waals surface area contributed by atoms with Crippen molar-refractivity contribution in [3.8, 4) is 0 Å². The van der Waals surface area contributed by atoms with Crippen molar-refractivity contribution in [1.29, 1.82) is 0 Å². The molecule has 130 valence electrons. The molecule has 0 aromatic carbocycles. The Bertz CT molecular complexity index is 479. The second-order valence-electron chi connectivity index (χ2n) is 5.89. The Kier molecular flexibility index (Phi) is 7.39. The van der Waals surface area contributed by atoms with E-state index in [2.05, 4.69) is 5.16 Å². The SMILES string of the molecule is Cc1noc(C)c1CSCC(=O)N1CCC(OCCCN)CC1. The van der Waals surface area contributed by atoms with Gasteiger partial charge in [0.05, 0.1) is 17.6 Å². The Balaban J connectivity index is 1.65. The lowest BCUT2D eigenvalue weighted by molar-refractivity contribution is -0.130. The third kappa shape index (κ3) is 5.51. The molecule has 0 spiro atoms. The number of rotatable bonds is 8. The Labute approximate surface area is 142 Å². The molecule has 1 aliphatic heterocycles. The van der Waals surface area contributed by atoms with Crippen LogP contribution in [0.25, 0.3) is 0 Å². The standard InChI is InChI=1S/C16H27N3O3S/c1-12-15(13(2)22-18-12)10-23-11-16(20)19-7-4-14(5-8-19)21-9-3-6-17/h14H,3-11,17H2,1-2H3. The van der Waals surface area contributed by atoms with Crippen LogP contribution in [0.15, 0.2) is 4.52 Å². The molecule has 1 aromatic rings. The minimum Gasteiger partial charge on any atom is -0.378 e. The molecule has 1 saturated heterocycles. The summed E-state index contributed by atoms with van der Waals surface area (Å²) in [4.78, 5) is 14.2. The summed E-state index contributed by atoms with van der Waals surface area (Å²) in [5.41, 5.74) is 7.48. The smallest absolute Gasteiger partial charge is 0.232 e. The lowest BCUT2D eigenvalue weighted by Crippen LogP contribution is -2.41. The first-order valence-corrected chi connectivity index (χ1v) is 9.36. The monoisotopic (exact) mass is 341 g/mol. The van der Waals surface area contributed by atoms with Gasteiger partial charge >= 0.3 is 0 Å². The Morgan fingerprint density at radius 2 is 2.17 bits per heavy atom. The lowest BCUT2D eigenvalue weighted by Gasteiger charge is -2.32. The van der Waals surface area contributed by atoms with E-state index >= 15 is 0 Å². The fourth-order valence-electron chi connectivity index (χ4n) is 2.64. The van der Waals surface area contributed by atoms with Crippen LogP contribution in [-0.4, -0.2) is 54.1 Å². The highest BCUT2D eigenvalue weighted by atomic mass is 32.2. The number of nitrogens with zero attached hydrogens (tertiary/aromatic N) is 2. The van der Waals surface area contributed by atoms with Gasteiger partial charge in [-0.1, -0.05) is 5.16 Å². The molecule has 0 atom stereocenters. The summed E-state index contributed by atoms with van der Waals surface area (Å²) < 4.78 is 10.9. The first kappa shape index (κ1) is 18.3. The Morgan fingerprint density at radius 1 is 1.43 bits per heavy atom. The number of carbonyl (C=O) groups excluding carboxylic acids is 1. The molecule has 7 heteroatoms. The summed E-state index contributed by atoms with van der Waals surface area (Å²) in [6.45, 7) is 6.81.